The van der Waals surface area contributed by atoms with E-state index >= 15 is 0 Å². The van der Waals surface area contributed by atoms with Crippen LogP contribution in [-0.4, -0.2) is 17.2 Å². The molecular formula is C17H19NO2. The van der Waals surface area contributed by atoms with Gasteiger partial charge in [0.1, 0.15) is 6.10 Å². The summed E-state index contributed by atoms with van der Waals surface area (Å²) in [5.41, 5.74) is 3.07. The van der Waals surface area contributed by atoms with E-state index in [1.807, 2.05) is 18.2 Å². The van der Waals surface area contributed by atoms with Crippen LogP contribution in [0.2, 0.25) is 0 Å². The molecule has 0 bridgehead atoms. The van der Waals surface area contributed by atoms with Gasteiger partial charge < -0.3 is 9.84 Å². The first-order chi connectivity index (χ1) is 9.78. The molecule has 20 heavy (non-hydrogen) atoms. The zero-order chi connectivity index (χ0) is 13.9. The average Bonchev–Trinajstić information content (AvgIpc) is 2.46. The van der Waals surface area contributed by atoms with Crippen LogP contribution in [0.25, 0.3) is 0 Å². The van der Waals surface area contributed by atoms with Crippen LogP contribution >= 0.6 is 0 Å². The Morgan fingerprint density at radius 3 is 2.30 bits per heavy atom. The van der Waals surface area contributed by atoms with Crippen molar-refractivity contribution in [1.82, 2.24) is 4.98 Å². The average molecular weight is 269 g/mol. The number of rotatable bonds is 4. The maximum absolute atomic E-state index is 10.4. The van der Waals surface area contributed by atoms with Crippen molar-refractivity contribution < 1.29 is 9.84 Å². The Labute approximate surface area is 119 Å². The van der Waals surface area contributed by atoms with Gasteiger partial charge in [0.25, 0.3) is 0 Å². The number of aliphatic hydroxyl groups excluding tert-OH is 1. The molecule has 1 aromatic carbocycles. The minimum atomic E-state index is -0.635. The van der Waals surface area contributed by atoms with Crippen LogP contribution in [0.3, 0.4) is 0 Å². The highest BCUT2D eigenvalue weighted by atomic mass is 16.5. The molecular weight excluding hydrogens is 250 g/mol. The summed E-state index contributed by atoms with van der Waals surface area (Å²) in [6, 6.07) is 11.9. The van der Waals surface area contributed by atoms with Crippen LogP contribution < -0.4 is 4.74 Å². The normalized spacial score (nSPS) is 16.5. The number of benzene rings is 1. The number of pyridine rings is 1. The van der Waals surface area contributed by atoms with Gasteiger partial charge in [-0.3, -0.25) is 0 Å². The monoisotopic (exact) mass is 269 g/mol. The molecule has 1 N–H and O–H groups in total. The summed E-state index contributed by atoms with van der Waals surface area (Å²) in [4.78, 5) is 4.13. The van der Waals surface area contributed by atoms with Crippen molar-refractivity contribution in [3.8, 4) is 5.88 Å². The lowest BCUT2D eigenvalue weighted by Gasteiger charge is -2.26. The van der Waals surface area contributed by atoms with E-state index in [4.69, 9.17) is 4.74 Å². The van der Waals surface area contributed by atoms with E-state index in [0.717, 1.165) is 17.0 Å². The van der Waals surface area contributed by atoms with Crippen LogP contribution in [-0.2, 0) is 0 Å². The lowest BCUT2D eigenvalue weighted by Crippen LogP contribution is -2.09. The molecule has 3 heteroatoms. The number of nitrogens with zero attached hydrogens (tertiary/aromatic N) is 1. The number of aliphatic hydroxyl groups is 1. The van der Waals surface area contributed by atoms with E-state index in [2.05, 4.69) is 17.1 Å². The van der Waals surface area contributed by atoms with Gasteiger partial charge in [-0.1, -0.05) is 30.7 Å². The number of ether oxygens (including phenoxy) is 1. The summed E-state index contributed by atoms with van der Waals surface area (Å²) in [7, 11) is 1.58. The maximum atomic E-state index is 10.4. The van der Waals surface area contributed by atoms with Crippen molar-refractivity contribution in [3.05, 3.63) is 59.3 Å². The van der Waals surface area contributed by atoms with Crippen molar-refractivity contribution in [2.24, 2.45) is 0 Å². The molecule has 0 aliphatic heterocycles. The van der Waals surface area contributed by atoms with E-state index < -0.39 is 6.10 Å². The fraction of sp³-hybridized carbons (Fsp3) is 0.353. The lowest BCUT2D eigenvalue weighted by molar-refractivity contribution is 0.219. The van der Waals surface area contributed by atoms with Crippen molar-refractivity contribution in [2.75, 3.05) is 7.11 Å². The van der Waals surface area contributed by atoms with Gasteiger partial charge in [0.05, 0.1) is 7.11 Å². The highest BCUT2D eigenvalue weighted by molar-refractivity contribution is 5.33. The summed E-state index contributed by atoms with van der Waals surface area (Å²) >= 11 is 0. The second-order valence-corrected chi connectivity index (χ2v) is 5.33. The number of hydrogen-bond donors (Lipinski definition) is 1. The van der Waals surface area contributed by atoms with Gasteiger partial charge in [-0.05, 0) is 36.0 Å². The number of hydrogen-bond acceptors (Lipinski definition) is 3. The molecule has 1 aliphatic rings. The largest absolute Gasteiger partial charge is 0.481 e. The first-order valence-electron chi connectivity index (χ1n) is 7.06. The quantitative estimate of drug-likeness (QED) is 0.924. The molecule has 0 amide bonds. The Bertz CT molecular complexity index is 559. The van der Waals surface area contributed by atoms with Gasteiger partial charge in [0, 0.05) is 17.8 Å². The van der Waals surface area contributed by atoms with Gasteiger partial charge in [0.15, 0.2) is 0 Å². The van der Waals surface area contributed by atoms with Gasteiger partial charge in [-0.15, -0.1) is 0 Å². The lowest BCUT2D eigenvalue weighted by atomic mass is 9.80. The molecule has 1 heterocycles. The Morgan fingerprint density at radius 1 is 1.10 bits per heavy atom. The third-order valence-corrected chi connectivity index (χ3v) is 4.11. The fourth-order valence-electron chi connectivity index (χ4n) is 2.56. The van der Waals surface area contributed by atoms with Gasteiger partial charge in [-0.25, -0.2) is 4.98 Å². The van der Waals surface area contributed by atoms with Crippen molar-refractivity contribution >= 4 is 0 Å². The van der Waals surface area contributed by atoms with Crippen LogP contribution in [0, 0.1) is 0 Å². The molecule has 1 atom stereocenters. The zero-order valence-electron chi connectivity index (χ0n) is 11.6. The second-order valence-electron chi connectivity index (χ2n) is 5.33. The predicted octanol–water partition coefficient (Wildman–Crippen LogP) is 3.44. The molecule has 3 rings (SSSR count). The molecule has 0 saturated heterocycles. The van der Waals surface area contributed by atoms with Gasteiger partial charge in [0.2, 0.25) is 5.88 Å². The maximum Gasteiger partial charge on any atom is 0.212 e. The Hall–Kier alpha value is -1.87. The van der Waals surface area contributed by atoms with Crippen LogP contribution in [0.5, 0.6) is 5.88 Å². The number of aromatic nitrogens is 1. The Morgan fingerprint density at radius 2 is 1.80 bits per heavy atom. The summed E-state index contributed by atoms with van der Waals surface area (Å²) in [5, 5.41) is 10.4. The summed E-state index contributed by atoms with van der Waals surface area (Å²) in [5.74, 6) is 1.28. The fourth-order valence-corrected chi connectivity index (χ4v) is 2.56. The molecule has 104 valence electrons. The zero-order valence-corrected chi connectivity index (χ0v) is 11.6. The summed E-state index contributed by atoms with van der Waals surface area (Å²) in [6.07, 6.45) is 4.95. The SMILES string of the molecule is COc1ccc(C(O)c2ccc(C3CCC3)cc2)cn1. The molecule has 1 saturated carbocycles. The van der Waals surface area contributed by atoms with Gasteiger partial charge >= 0.3 is 0 Å². The van der Waals surface area contributed by atoms with Crippen molar-refractivity contribution in [2.45, 2.75) is 31.3 Å². The molecule has 1 fully saturated rings. The standard InChI is InChI=1S/C17H19NO2/c1-20-16-10-9-15(11-18-16)17(19)14-7-5-13(6-8-14)12-3-2-4-12/h5-12,17,19H,2-4H2,1H3. The highest BCUT2D eigenvalue weighted by Gasteiger charge is 2.19. The third kappa shape index (κ3) is 2.54. The molecule has 3 nitrogen and oxygen atoms in total. The molecule has 0 spiro atoms. The van der Waals surface area contributed by atoms with Crippen LogP contribution in [0.15, 0.2) is 42.6 Å². The first-order valence-corrected chi connectivity index (χ1v) is 7.06. The minimum absolute atomic E-state index is 0.557. The molecule has 2 aromatic rings. The van der Waals surface area contributed by atoms with Crippen molar-refractivity contribution in [1.29, 1.82) is 0 Å². The first kappa shape index (κ1) is 13.1. The van der Waals surface area contributed by atoms with Crippen LogP contribution in [0.4, 0.5) is 0 Å². The second kappa shape index (κ2) is 5.63. The number of methoxy groups -OCH3 is 1. The Kier molecular flexibility index (Phi) is 3.70. The van der Waals surface area contributed by atoms with Gasteiger partial charge in [-0.2, -0.15) is 0 Å². The van der Waals surface area contributed by atoms with E-state index in [0.29, 0.717) is 5.88 Å². The topological polar surface area (TPSA) is 42.4 Å². The summed E-state index contributed by atoms with van der Waals surface area (Å²) < 4.78 is 5.02. The highest BCUT2D eigenvalue weighted by Crippen LogP contribution is 2.36. The van der Waals surface area contributed by atoms with E-state index in [9.17, 15) is 5.11 Å². The molecule has 1 aliphatic carbocycles. The third-order valence-electron chi connectivity index (χ3n) is 4.11. The van der Waals surface area contributed by atoms with Crippen LogP contribution in [0.1, 0.15) is 48.0 Å². The van der Waals surface area contributed by atoms with E-state index in [-0.39, 0.29) is 0 Å². The smallest absolute Gasteiger partial charge is 0.212 e. The molecule has 1 aromatic heterocycles. The molecule has 1 unspecified atom stereocenters. The predicted molar refractivity (Wildman–Crippen MR) is 77.9 cm³/mol. The van der Waals surface area contributed by atoms with Crippen molar-refractivity contribution in [3.63, 3.8) is 0 Å². The van der Waals surface area contributed by atoms with E-state index in [1.54, 1.807) is 19.4 Å². The Balaban J connectivity index is 1.76. The van der Waals surface area contributed by atoms with E-state index in [1.165, 1.54) is 24.8 Å². The molecule has 0 radical (unpaired) electrons. The summed E-state index contributed by atoms with van der Waals surface area (Å²) in [6.45, 7) is 0. The minimum Gasteiger partial charge on any atom is -0.481 e.